The molecule has 1 atom stereocenters. The molecule has 2 amide bonds. The Bertz CT molecular complexity index is 1020. The second-order valence-electron chi connectivity index (χ2n) is 7.77. The molecule has 2 aromatic rings. The molecule has 2 aliphatic rings. The number of hydrogen-bond acceptors (Lipinski definition) is 3. The van der Waals surface area contributed by atoms with Gasteiger partial charge in [0.1, 0.15) is 6.54 Å². The minimum absolute atomic E-state index is 0.00190. The fourth-order valence-corrected chi connectivity index (χ4v) is 4.40. The van der Waals surface area contributed by atoms with E-state index in [1.807, 2.05) is 50.2 Å². The van der Waals surface area contributed by atoms with Gasteiger partial charge in [-0.15, -0.1) is 0 Å². The van der Waals surface area contributed by atoms with Crippen LogP contribution in [-0.2, 0) is 16.1 Å². The number of fused-ring (bicyclic) bond motifs is 2. The fraction of sp³-hybridized carbons (Fsp3) is 0.348. The largest absolute Gasteiger partial charge is 0.350 e. The summed E-state index contributed by atoms with van der Waals surface area (Å²) < 4.78 is 0.951. The SMILES string of the molecule is Cc1cc2c(cc1C)N(CC(=O)NCc1ccccc1Br)C(=O)[C@H]1CCCC1=N2. The number of carbonyl (C=O) groups excluding carboxylic acids is 2. The summed E-state index contributed by atoms with van der Waals surface area (Å²) in [4.78, 5) is 32.5. The molecule has 1 aliphatic heterocycles. The first-order valence-corrected chi connectivity index (χ1v) is 10.7. The molecule has 0 bridgehead atoms. The summed E-state index contributed by atoms with van der Waals surface area (Å²) in [5, 5.41) is 2.94. The summed E-state index contributed by atoms with van der Waals surface area (Å²) in [5.41, 5.74) is 5.69. The Kier molecular flexibility index (Phi) is 5.54. The van der Waals surface area contributed by atoms with Gasteiger partial charge in [-0.05, 0) is 68.0 Å². The zero-order valence-corrected chi connectivity index (χ0v) is 18.3. The number of halogens is 1. The van der Waals surface area contributed by atoms with E-state index in [-0.39, 0.29) is 24.3 Å². The number of amides is 2. The first-order chi connectivity index (χ1) is 13.9. The molecule has 0 radical (unpaired) electrons. The van der Waals surface area contributed by atoms with Crippen molar-refractivity contribution in [3.63, 3.8) is 0 Å². The Morgan fingerprint density at radius 1 is 1.24 bits per heavy atom. The highest BCUT2D eigenvalue weighted by Crippen LogP contribution is 2.39. The molecular weight excluding hydrogens is 430 g/mol. The summed E-state index contributed by atoms with van der Waals surface area (Å²) >= 11 is 3.50. The zero-order chi connectivity index (χ0) is 20.5. The molecule has 0 unspecified atom stereocenters. The van der Waals surface area contributed by atoms with Crippen LogP contribution in [0.2, 0.25) is 0 Å². The van der Waals surface area contributed by atoms with Gasteiger partial charge in [-0.2, -0.15) is 0 Å². The van der Waals surface area contributed by atoms with Gasteiger partial charge in [0.25, 0.3) is 0 Å². The van der Waals surface area contributed by atoms with Gasteiger partial charge in [-0.1, -0.05) is 34.1 Å². The standard InChI is InChI=1S/C23H24BrN3O2/c1-14-10-20-21(11-15(14)2)27(23(29)17-7-5-9-19(17)26-20)13-22(28)25-12-16-6-3-4-8-18(16)24/h3-4,6,8,10-11,17H,5,7,9,12-13H2,1-2H3,(H,25,28)/t17-/m0/s1. The highest BCUT2D eigenvalue weighted by Gasteiger charge is 2.37. The van der Waals surface area contributed by atoms with Crippen LogP contribution < -0.4 is 10.2 Å². The minimum atomic E-state index is -0.209. The van der Waals surface area contributed by atoms with Crippen LogP contribution >= 0.6 is 15.9 Å². The van der Waals surface area contributed by atoms with Crippen molar-refractivity contribution in [1.29, 1.82) is 0 Å². The van der Waals surface area contributed by atoms with Crippen LogP contribution in [0, 0.1) is 19.8 Å². The number of anilines is 1. The predicted octanol–water partition coefficient (Wildman–Crippen LogP) is 4.60. The van der Waals surface area contributed by atoms with E-state index in [2.05, 4.69) is 21.2 Å². The van der Waals surface area contributed by atoms with Crippen LogP contribution in [0.3, 0.4) is 0 Å². The Balaban J connectivity index is 1.59. The number of nitrogens with zero attached hydrogens (tertiary/aromatic N) is 2. The molecule has 4 rings (SSSR count). The van der Waals surface area contributed by atoms with Gasteiger partial charge in [-0.3, -0.25) is 14.6 Å². The maximum absolute atomic E-state index is 13.3. The average Bonchev–Trinajstić information content (AvgIpc) is 3.12. The van der Waals surface area contributed by atoms with Crippen LogP contribution in [0.4, 0.5) is 11.4 Å². The van der Waals surface area contributed by atoms with Crippen molar-refractivity contribution in [3.8, 4) is 0 Å². The van der Waals surface area contributed by atoms with E-state index in [0.717, 1.165) is 57.5 Å². The van der Waals surface area contributed by atoms with Gasteiger partial charge in [0, 0.05) is 16.7 Å². The maximum Gasteiger partial charge on any atom is 0.240 e. The molecule has 5 nitrogen and oxygen atoms in total. The lowest BCUT2D eigenvalue weighted by Crippen LogP contribution is -2.43. The molecule has 0 aromatic heterocycles. The van der Waals surface area contributed by atoms with Crippen molar-refractivity contribution in [2.75, 3.05) is 11.4 Å². The van der Waals surface area contributed by atoms with Crippen molar-refractivity contribution in [2.45, 2.75) is 39.7 Å². The van der Waals surface area contributed by atoms with Gasteiger partial charge in [0.05, 0.1) is 17.3 Å². The number of aliphatic imine (C=N–C) groups is 1. The van der Waals surface area contributed by atoms with Crippen molar-refractivity contribution < 1.29 is 9.59 Å². The number of nitrogens with one attached hydrogen (secondary N) is 1. The Labute approximate surface area is 179 Å². The smallest absolute Gasteiger partial charge is 0.240 e. The molecule has 1 fully saturated rings. The first-order valence-electron chi connectivity index (χ1n) is 9.94. The third-order valence-electron chi connectivity index (χ3n) is 5.77. The summed E-state index contributed by atoms with van der Waals surface area (Å²) in [5.74, 6) is -0.405. The first kappa shape index (κ1) is 19.8. The monoisotopic (exact) mass is 453 g/mol. The zero-order valence-electron chi connectivity index (χ0n) is 16.7. The van der Waals surface area contributed by atoms with Crippen molar-refractivity contribution in [2.24, 2.45) is 10.9 Å². The van der Waals surface area contributed by atoms with Gasteiger partial charge < -0.3 is 10.2 Å². The maximum atomic E-state index is 13.3. The molecule has 1 N–H and O–H groups in total. The van der Waals surface area contributed by atoms with E-state index < -0.39 is 0 Å². The van der Waals surface area contributed by atoms with Crippen molar-refractivity contribution in [1.82, 2.24) is 5.32 Å². The Morgan fingerprint density at radius 3 is 2.79 bits per heavy atom. The highest BCUT2D eigenvalue weighted by atomic mass is 79.9. The predicted molar refractivity (Wildman–Crippen MR) is 119 cm³/mol. The normalized spacial score (nSPS) is 18.0. The summed E-state index contributed by atoms with van der Waals surface area (Å²) in [7, 11) is 0. The van der Waals surface area contributed by atoms with E-state index in [0.29, 0.717) is 6.54 Å². The van der Waals surface area contributed by atoms with Gasteiger partial charge >= 0.3 is 0 Å². The van der Waals surface area contributed by atoms with Crippen LogP contribution in [0.5, 0.6) is 0 Å². The molecule has 1 heterocycles. The van der Waals surface area contributed by atoms with E-state index >= 15 is 0 Å². The molecule has 1 aliphatic carbocycles. The lowest BCUT2D eigenvalue weighted by molar-refractivity contribution is -0.124. The van der Waals surface area contributed by atoms with Crippen molar-refractivity contribution >= 4 is 44.8 Å². The summed E-state index contributed by atoms with van der Waals surface area (Å²) in [6.07, 6.45) is 2.63. The van der Waals surface area contributed by atoms with E-state index in [1.165, 1.54) is 0 Å². The molecule has 6 heteroatoms. The van der Waals surface area contributed by atoms with E-state index in [1.54, 1.807) is 4.90 Å². The summed E-state index contributed by atoms with van der Waals surface area (Å²) in [6, 6.07) is 11.8. The van der Waals surface area contributed by atoms with Crippen LogP contribution in [0.25, 0.3) is 0 Å². The highest BCUT2D eigenvalue weighted by molar-refractivity contribution is 9.10. The number of rotatable bonds is 4. The topological polar surface area (TPSA) is 61.8 Å². The molecule has 2 aromatic carbocycles. The van der Waals surface area contributed by atoms with E-state index in [9.17, 15) is 9.59 Å². The lowest BCUT2D eigenvalue weighted by atomic mass is 10.0. The Morgan fingerprint density at radius 2 is 2.00 bits per heavy atom. The number of hydrogen-bond donors (Lipinski definition) is 1. The quantitative estimate of drug-likeness (QED) is 0.734. The van der Waals surface area contributed by atoms with E-state index in [4.69, 9.17) is 4.99 Å². The van der Waals surface area contributed by atoms with Crippen LogP contribution in [0.15, 0.2) is 45.9 Å². The molecule has 0 spiro atoms. The molecule has 150 valence electrons. The second-order valence-corrected chi connectivity index (χ2v) is 8.62. The minimum Gasteiger partial charge on any atom is -0.350 e. The number of benzene rings is 2. The molecular formula is C23H24BrN3O2. The molecule has 29 heavy (non-hydrogen) atoms. The fourth-order valence-electron chi connectivity index (χ4n) is 3.98. The summed E-state index contributed by atoms with van der Waals surface area (Å²) in [6.45, 7) is 4.47. The molecule has 1 saturated carbocycles. The third-order valence-corrected chi connectivity index (χ3v) is 6.55. The third kappa shape index (κ3) is 3.99. The average molecular weight is 454 g/mol. The van der Waals surface area contributed by atoms with Crippen LogP contribution in [-0.4, -0.2) is 24.1 Å². The number of carbonyl (C=O) groups is 2. The number of aryl methyl sites for hydroxylation is 2. The lowest BCUT2D eigenvalue weighted by Gasteiger charge is -2.25. The van der Waals surface area contributed by atoms with Gasteiger partial charge in [0.2, 0.25) is 11.8 Å². The van der Waals surface area contributed by atoms with Gasteiger partial charge in [-0.25, -0.2) is 0 Å². The molecule has 0 saturated heterocycles. The second kappa shape index (κ2) is 8.11. The van der Waals surface area contributed by atoms with Crippen LogP contribution in [0.1, 0.15) is 36.0 Å². The van der Waals surface area contributed by atoms with Gasteiger partial charge in [0.15, 0.2) is 0 Å². The van der Waals surface area contributed by atoms with Crippen molar-refractivity contribution in [3.05, 3.63) is 57.6 Å². The Hall–Kier alpha value is -2.47.